The zero-order chi connectivity index (χ0) is 23.4. The van der Waals surface area contributed by atoms with Crippen molar-refractivity contribution < 1.29 is 14.3 Å². The molecule has 1 fully saturated rings. The monoisotopic (exact) mass is 518 g/mol. The summed E-state index contributed by atoms with van der Waals surface area (Å²) >= 11 is 19.4. The van der Waals surface area contributed by atoms with Crippen LogP contribution in [0.15, 0.2) is 70.6 Å². The average molecular weight is 520 g/mol. The summed E-state index contributed by atoms with van der Waals surface area (Å²) in [5.41, 5.74) is 2.25. The Bertz CT molecular complexity index is 1260. The van der Waals surface area contributed by atoms with Gasteiger partial charge in [-0.2, -0.15) is 0 Å². The molecule has 3 aromatic rings. The van der Waals surface area contributed by atoms with Crippen molar-refractivity contribution in [2.45, 2.75) is 6.61 Å². The Labute approximate surface area is 210 Å². The Morgan fingerprint density at radius 1 is 1.03 bits per heavy atom. The Morgan fingerprint density at radius 2 is 1.82 bits per heavy atom. The fraction of sp³-hybridized carbons (Fsp3) is 0.0833. The van der Waals surface area contributed by atoms with Gasteiger partial charge in [0.15, 0.2) is 16.7 Å². The number of nitrogens with one attached hydrogen (secondary N) is 1. The third-order valence-corrected chi connectivity index (χ3v) is 6.57. The molecule has 0 aromatic heterocycles. The highest BCUT2D eigenvalue weighted by Gasteiger charge is 2.24. The molecule has 1 amide bonds. The van der Waals surface area contributed by atoms with Crippen LogP contribution in [0.1, 0.15) is 11.1 Å². The number of hydrogen-bond donors (Lipinski definition) is 1. The van der Waals surface area contributed by atoms with Gasteiger partial charge >= 0.3 is 0 Å². The first-order chi connectivity index (χ1) is 15.9. The van der Waals surface area contributed by atoms with Crippen molar-refractivity contribution in [3.63, 3.8) is 0 Å². The van der Waals surface area contributed by atoms with Gasteiger partial charge in [-0.05, 0) is 65.4 Å². The zero-order valence-corrected chi connectivity index (χ0v) is 20.4. The van der Waals surface area contributed by atoms with Crippen molar-refractivity contribution in [3.05, 3.63) is 91.8 Å². The van der Waals surface area contributed by atoms with Gasteiger partial charge in [0.25, 0.3) is 5.91 Å². The first kappa shape index (κ1) is 23.5. The van der Waals surface area contributed by atoms with E-state index in [1.54, 1.807) is 43.5 Å². The van der Waals surface area contributed by atoms with E-state index in [9.17, 15) is 4.79 Å². The largest absolute Gasteiger partial charge is 0.493 e. The number of halogens is 3. The van der Waals surface area contributed by atoms with Gasteiger partial charge in [-0.3, -0.25) is 4.79 Å². The van der Waals surface area contributed by atoms with Crippen LogP contribution in [-0.2, 0) is 11.4 Å². The highest BCUT2D eigenvalue weighted by molar-refractivity contribution is 8.18. The van der Waals surface area contributed by atoms with E-state index in [-0.39, 0.29) is 5.91 Å². The highest BCUT2D eigenvalue weighted by Crippen LogP contribution is 2.35. The number of ether oxygens (including phenoxy) is 2. The molecule has 168 valence electrons. The second-order valence-corrected chi connectivity index (χ2v) is 9.13. The van der Waals surface area contributed by atoms with Crippen LogP contribution in [0.25, 0.3) is 6.08 Å². The Balaban J connectivity index is 1.50. The summed E-state index contributed by atoms with van der Waals surface area (Å²) in [5.74, 6) is 0.899. The van der Waals surface area contributed by atoms with Gasteiger partial charge in [0.2, 0.25) is 0 Å². The molecule has 1 heterocycles. The summed E-state index contributed by atoms with van der Waals surface area (Å²) < 4.78 is 11.4. The summed E-state index contributed by atoms with van der Waals surface area (Å²) in [7, 11) is 1.57. The number of nitrogens with zero attached hydrogens (tertiary/aromatic N) is 1. The van der Waals surface area contributed by atoms with Crippen LogP contribution in [0, 0.1) is 0 Å². The van der Waals surface area contributed by atoms with Gasteiger partial charge in [-0.25, -0.2) is 4.99 Å². The summed E-state index contributed by atoms with van der Waals surface area (Å²) in [6.45, 7) is 0.373. The lowest BCUT2D eigenvalue weighted by atomic mass is 10.2. The van der Waals surface area contributed by atoms with Crippen LogP contribution >= 0.6 is 46.6 Å². The fourth-order valence-electron chi connectivity index (χ4n) is 2.95. The van der Waals surface area contributed by atoms with Crippen molar-refractivity contribution in [3.8, 4) is 11.5 Å². The molecule has 1 aliphatic rings. The second-order valence-electron chi connectivity index (χ2n) is 6.88. The molecule has 1 saturated heterocycles. The molecule has 9 heteroatoms. The minimum Gasteiger partial charge on any atom is -0.493 e. The van der Waals surface area contributed by atoms with Crippen LogP contribution in [0.3, 0.4) is 0 Å². The van der Waals surface area contributed by atoms with Crippen molar-refractivity contribution in [2.24, 2.45) is 4.99 Å². The van der Waals surface area contributed by atoms with Crippen molar-refractivity contribution in [1.82, 2.24) is 5.32 Å². The predicted molar refractivity (Wildman–Crippen MR) is 136 cm³/mol. The van der Waals surface area contributed by atoms with Crippen LogP contribution in [-0.4, -0.2) is 18.2 Å². The molecule has 4 rings (SSSR count). The highest BCUT2D eigenvalue weighted by atomic mass is 35.5. The lowest BCUT2D eigenvalue weighted by Crippen LogP contribution is -2.19. The summed E-state index contributed by atoms with van der Waals surface area (Å²) in [6.07, 6.45) is 1.76. The van der Waals surface area contributed by atoms with E-state index in [1.807, 2.05) is 30.3 Å². The third kappa shape index (κ3) is 5.84. The Kier molecular flexibility index (Phi) is 7.50. The maximum atomic E-state index is 12.4. The summed E-state index contributed by atoms with van der Waals surface area (Å²) in [5, 5.41) is 4.56. The number of thioether (sulfide) groups is 1. The van der Waals surface area contributed by atoms with E-state index in [0.29, 0.717) is 48.9 Å². The topological polar surface area (TPSA) is 59.9 Å². The van der Waals surface area contributed by atoms with E-state index in [1.165, 1.54) is 11.8 Å². The van der Waals surface area contributed by atoms with Gasteiger partial charge in [0, 0.05) is 5.02 Å². The first-order valence-electron chi connectivity index (χ1n) is 9.72. The summed E-state index contributed by atoms with van der Waals surface area (Å²) in [4.78, 5) is 17.3. The number of carbonyl (C=O) groups is 1. The first-order valence-corrected chi connectivity index (χ1v) is 11.7. The van der Waals surface area contributed by atoms with Crippen molar-refractivity contribution >= 4 is 69.4 Å². The summed E-state index contributed by atoms with van der Waals surface area (Å²) in [6, 6.07) is 18.0. The number of benzene rings is 3. The van der Waals surface area contributed by atoms with Gasteiger partial charge in [0.1, 0.15) is 6.61 Å². The molecule has 0 spiro atoms. The molecular weight excluding hydrogens is 503 g/mol. The number of hydrogen-bond acceptors (Lipinski definition) is 5. The van der Waals surface area contributed by atoms with Gasteiger partial charge in [-0.15, -0.1) is 0 Å². The number of amidine groups is 1. The van der Waals surface area contributed by atoms with Gasteiger partial charge in [0.05, 0.1) is 27.7 Å². The van der Waals surface area contributed by atoms with E-state index >= 15 is 0 Å². The zero-order valence-electron chi connectivity index (χ0n) is 17.3. The number of carbonyl (C=O) groups excluding carboxylic acids is 1. The van der Waals surface area contributed by atoms with Crippen LogP contribution in [0.5, 0.6) is 11.5 Å². The fourth-order valence-corrected chi connectivity index (χ4v) is 4.25. The molecule has 0 aliphatic carbocycles. The molecule has 0 atom stereocenters. The maximum Gasteiger partial charge on any atom is 0.264 e. The standard InChI is InChI=1S/C24H17Cl3N2O3S/c1-31-20-11-15(7-10-19(20)32-13-14-5-8-16(25)9-6-14)12-21-23(30)29-24(33-21)28-18-4-2-3-17(26)22(18)27/h2-12H,13H2,1H3,(H,28,29,30)/b21-12-. The smallest absolute Gasteiger partial charge is 0.264 e. The number of methoxy groups -OCH3 is 1. The number of amides is 1. The Hall–Kier alpha value is -2.64. The van der Waals surface area contributed by atoms with Crippen LogP contribution < -0.4 is 14.8 Å². The van der Waals surface area contributed by atoms with Gasteiger partial charge < -0.3 is 14.8 Å². The van der Waals surface area contributed by atoms with E-state index in [0.717, 1.165) is 11.1 Å². The molecule has 3 aromatic carbocycles. The minimum atomic E-state index is -0.251. The van der Waals surface area contributed by atoms with Crippen LogP contribution in [0.2, 0.25) is 15.1 Å². The lowest BCUT2D eigenvalue weighted by Gasteiger charge is -2.11. The number of rotatable bonds is 6. The predicted octanol–water partition coefficient (Wildman–Crippen LogP) is 7.13. The number of aliphatic imine (C=N–C) groups is 1. The molecule has 1 aliphatic heterocycles. The molecular formula is C24H17Cl3N2O3S. The SMILES string of the molecule is COc1cc(/C=C2\SC(=Nc3cccc(Cl)c3Cl)NC2=O)ccc1OCc1ccc(Cl)cc1. The maximum absolute atomic E-state index is 12.4. The molecule has 0 saturated carbocycles. The molecule has 0 bridgehead atoms. The average Bonchev–Trinajstić information content (AvgIpc) is 3.15. The normalized spacial score (nSPS) is 15.7. The molecule has 1 N–H and O–H groups in total. The van der Waals surface area contributed by atoms with Gasteiger partial charge in [-0.1, -0.05) is 59.1 Å². The van der Waals surface area contributed by atoms with Crippen LogP contribution in [0.4, 0.5) is 5.69 Å². The van der Waals surface area contributed by atoms with E-state index in [4.69, 9.17) is 44.3 Å². The Morgan fingerprint density at radius 3 is 2.58 bits per heavy atom. The quantitative estimate of drug-likeness (QED) is 0.352. The minimum absolute atomic E-state index is 0.251. The molecule has 0 unspecified atom stereocenters. The van der Waals surface area contributed by atoms with Crippen molar-refractivity contribution in [2.75, 3.05) is 7.11 Å². The molecule has 0 radical (unpaired) electrons. The third-order valence-electron chi connectivity index (χ3n) is 4.60. The lowest BCUT2D eigenvalue weighted by molar-refractivity contribution is -0.115. The van der Waals surface area contributed by atoms with E-state index < -0.39 is 0 Å². The molecule has 33 heavy (non-hydrogen) atoms. The van der Waals surface area contributed by atoms with Crippen molar-refractivity contribution in [1.29, 1.82) is 0 Å². The molecule has 5 nitrogen and oxygen atoms in total. The van der Waals surface area contributed by atoms with E-state index in [2.05, 4.69) is 10.3 Å². The second kappa shape index (κ2) is 10.5.